The molecule has 0 aliphatic carbocycles. The summed E-state index contributed by atoms with van der Waals surface area (Å²) in [5, 5.41) is 0. The number of nitrogens with one attached hydrogen (secondary N) is 2. The number of carbonyl (C=O) groups excluding carboxylic acids is 2. The van der Waals surface area contributed by atoms with Crippen LogP contribution in [0.5, 0.6) is 11.5 Å². The standard InChI is InChI=1S/C20H24N2O4/c1-14-6-11-18(15(2)13-14)20(24)22-21-19(23)5-4-12-26-17-9-7-16(25-3)8-10-17/h6-11,13H,4-5,12H2,1-3H3,(H,21,23)(H,22,24). The number of hydrogen-bond donors (Lipinski definition) is 2. The van der Waals surface area contributed by atoms with Crippen LogP contribution in [0, 0.1) is 13.8 Å². The average molecular weight is 356 g/mol. The quantitative estimate of drug-likeness (QED) is 0.591. The predicted molar refractivity (Wildman–Crippen MR) is 99.2 cm³/mol. The van der Waals surface area contributed by atoms with Gasteiger partial charge in [0.25, 0.3) is 5.91 Å². The molecule has 0 spiro atoms. The number of amides is 2. The molecular weight excluding hydrogens is 332 g/mol. The number of rotatable bonds is 7. The minimum absolute atomic E-state index is 0.253. The van der Waals surface area contributed by atoms with Gasteiger partial charge in [0.1, 0.15) is 11.5 Å². The molecule has 0 saturated carbocycles. The predicted octanol–water partition coefficient (Wildman–Crippen LogP) is 2.93. The van der Waals surface area contributed by atoms with E-state index >= 15 is 0 Å². The smallest absolute Gasteiger partial charge is 0.269 e. The lowest BCUT2D eigenvalue weighted by Gasteiger charge is -2.10. The van der Waals surface area contributed by atoms with Crippen LogP contribution in [-0.4, -0.2) is 25.5 Å². The van der Waals surface area contributed by atoms with E-state index < -0.39 is 0 Å². The van der Waals surface area contributed by atoms with Gasteiger partial charge in [0.05, 0.1) is 13.7 Å². The number of hydrogen-bond acceptors (Lipinski definition) is 4. The molecule has 6 nitrogen and oxygen atoms in total. The van der Waals surface area contributed by atoms with E-state index in [1.165, 1.54) is 0 Å². The Kier molecular flexibility index (Phi) is 7.02. The summed E-state index contributed by atoms with van der Waals surface area (Å²) in [4.78, 5) is 23.9. The highest BCUT2D eigenvalue weighted by atomic mass is 16.5. The third kappa shape index (κ3) is 5.81. The summed E-state index contributed by atoms with van der Waals surface area (Å²) >= 11 is 0. The van der Waals surface area contributed by atoms with Crippen molar-refractivity contribution in [2.75, 3.05) is 13.7 Å². The van der Waals surface area contributed by atoms with Gasteiger partial charge in [0.15, 0.2) is 0 Å². The Labute approximate surface area is 153 Å². The van der Waals surface area contributed by atoms with Crippen molar-refractivity contribution < 1.29 is 19.1 Å². The molecule has 2 N–H and O–H groups in total. The summed E-state index contributed by atoms with van der Waals surface area (Å²) in [5.74, 6) is 0.886. The van der Waals surface area contributed by atoms with E-state index in [-0.39, 0.29) is 18.2 Å². The highest BCUT2D eigenvalue weighted by Gasteiger charge is 2.10. The summed E-state index contributed by atoms with van der Waals surface area (Å²) in [6.07, 6.45) is 0.792. The fourth-order valence-electron chi connectivity index (χ4n) is 2.42. The van der Waals surface area contributed by atoms with Gasteiger partial charge in [-0.2, -0.15) is 0 Å². The molecule has 0 aliphatic heterocycles. The maximum atomic E-state index is 12.1. The molecule has 2 aromatic rings. The molecular formula is C20H24N2O4. The van der Waals surface area contributed by atoms with Gasteiger partial charge in [-0.1, -0.05) is 17.7 Å². The third-order valence-corrected chi connectivity index (χ3v) is 3.82. The molecule has 2 rings (SSSR count). The highest BCUT2D eigenvalue weighted by molar-refractivity contribution is 5.96. The number of hydrazine groups is 1. The van der Waals surface area contributed by atoms with E-state index in [2.05, 4.69) is 10.9 Å². The van der Waals surface area contributed by atoms with Crippen LogP contribution < -0.4 is 20.3 Å². The molecule has 0 heterocycles. The van der Waals surface area contributed by atoms with Gasteiger partial charge in [-0.3, -0.25) is 20.4 Å². The molecule has 0 aromatic heterocycles. The van der Waals surface area contributed by atoms with Gasteiger partial charge < -0.3 is 9.47 Å². The maximum absolute atomic E-state index is 12.1. The largest absolute Gasteiger partial charge is 0.497 e. The SMILES string of the molecule is COc1ccc(OCCCC(=O)NNC(=O)c2ccc(C)cc2C)cc1. The van der Waals surface area contributed by atoms with Gasteiger partial charge >= 0.3 is 0 Å². The minimum Gasteiger partial charge on any atom is -0.497 e. The van der Waals surface area contributed by atoms with Crippen molar-refractivity contribution in [2.24, 2.45) is 0 Å². The normalized spacial score (nSPS) is 10.1. The zero-order valence-electron chi connectivity index (χ0n) is 15.3. The zero-order chi connectivity index (χ0) is 18.9. The van der Waals surface area contributed by atoms with Crippen molar-refractivity contribution >= 4 is 11.8 Å². The highest BCUT2D eigenvalue weighted by Crippen LogP contribution is 2.17. The molecule has 0 aliphatic rings. The molecule has 6 heteroatoms. The van der Waals surface area contributed by atoms with Crippen LogP contribution in [0.3, 0.4) is 0 Å². The van der Waals surface area contributed by atoms with Crippen LogP contribution in [0.1, 0.15) is 34.3 Å². The van der Waals surface area contributed by atoms with E-state index in [0.29, 0.717) is 24.3 Å². The summed E-state index contributed by atoms with van der Waals surface area (Å²) < 4.78 is 10.6. The Morgan fingerprint density at radius 2 is 1.65 bits per heavy atom. The molecule has 0 saturated heterocycles. The molecule has 138 valence electrons. The van der Waals surface area contributed by atoms with Gasteiger partial charge in [-0.05, 0) is 56.2 Å². The molecule has 2 aromatic carbocycles. The lowest BCUT2D eigenvalue weighted by molar-refractivity contribution is -0.122. The van der Waals surface area contributed by atoms with Gasteiger partial charge in [-0.15, -0.1) is 0 Å². The van der Waals surface area contributed by atoms with E-state index in [0.717, 1.165) is 16.9 Å². The van der Waals surface area contributed by atoms with Crippen molar-refractivity contribution in [1.82, 2.24) is 10.9 Å². The van der Waals surface area contributed by atoms with Gasteiger partial charge in [-0.25, -0.2) is 0 Å². The van der Waals surface area contributed by atoms with Crippen molar-refractivity contribution in [2.45, 2.75) is 26.7 Å². The van der Waals surface area contributed by atoms with Crippen LogP contribution in [0.15, 0.2) is 42.5 Å². The summed E-state index contributed by atoms with van der Waals surface area (Å²) in [7, 11) is 1.60. The van der Waals surface area contributed by atoms with E-state index in [1.807, 2.05) is 50.2 Å². The minimum atomic E-state index is -0.328. The molecule has 0 fully saturated rings. The van der Waals surface area contributed by atoms with Crippen LogP contribution in [0.25, 0.3) is 0 Å². The molecule has 2 amide bonds. The Hall–Kier alpha value is -3.02. The Bertz CT molecular complexity index is 757. The summed E-state index contributed by atoms with van der Waals surface area (Å²) in [5.41, 5.74) is 7.35. The second kappa shape index (κ2) is 9.46. The fraction of sp³-hybridized carbons (Fsp3) is 0.300. The second-order valence-electron chi connectivity index (χ2n) is 5.95. The number of aryl methyl sites for hydroxylation is 2. The average Bonchev–Trinajstić information content (AvgIpc) is 2.63. The van der Waals surface area contributed by atoms with E-state index in [1.54, 1.807) is 13.2 Å². The molecule has 26 heavy (non-hydrogen) atoms. The molecule has 0 atom stereocenters. The molecule has 0 unspecified atom stereocenters. The maximum Gasteiger partial charge on any atom is 0.269 e. The van der Waals surface area contributed by atoms with E-state index in [9.17, 15) is 9.59 Å². The Morgan fingerprint density at radius 3 is 2.31 bits per heavy atom. The fourth-order valence-corrected chi connectivity index (χ4v) is 2.42. The topological polar surface area (TPSA) is 76.7 Å². The first-order chi connectivity index (χ1) is 12.5. The monoisotopic (exact) mass is 356 g/mol. The lowest BCUT2D eigenvalue weighted by atomic mass is 10.1. The van der Waals surface area contributed by atoms with Crippen molar-refractivity contribution in [3.8, 4) is 11.5 Å². The zero-order valence-corrected chi connectivity index (χ0v) is 15.3. The van der Waals surface area contributed by atoms with Gasteiger partial charge in [0, 0.05) is 12.0 Å². The number of ether oxygens (including phenoxy) is 2. The van der Waals surface area contributed by atoms with Crippen LogP contribution in [0.2, 0.25) is 0 Å². The lowest BCUT2D eigenvalue weighted by Crippen LogP contribution is -2.41. The summed E-state index contributed by atoms with van der Waals surface area (Å²) in [6.45, 7) is 4.23. The number of carbonyl (C=O) groups is 2. The molecule has 0 bridgehead atoms. The van der Waals surface area contributed by atoms with Crippen molar-refractivity contribution in [3.05, 3.63) is 59.2 Å². The Morgan fingerprint density at radius 1 is 0.962 bits per heavy atom. The van der Waals surface area contributed by atoms with Gasteiger partial charge in [0.2, 0.25) is 5.91 Å². The van der Waals surface area contributed by atoms with Crippen LogP contribution in [-0.2, 0) is 4.79 Å². The van der Waals surface area contributed by atoms with Crippen LogP contribution in [0.4, 0.5) is 0 Å². The number of benzene rings is 2. The van der Waals surface area contributed by atoms with Crippen LogP contribution >= 0.6 is 0 Å². The van der Waals surface area contributed by atoms with Crippen molar-refractivity contribution in [1.29, 1.82) is 0 Å². The second-order valence-corrected chi connectivity index (χ2v) is 5.95. The van der Waals surface area contributed by atoms with Crippen molar-refractivity contribution in [3.63, 3.8) is 0 Å². The third-order valence-electron chi connectivity index (χ3n) is 3.82. The summed E-state index contributed by atoms with van der Waals surface area (Å²) in [6, 6.07) is 12.8. The molecule has 0 radical (unpaired) electrons. The van der Waals surface area contributed by atoms with E-state index in [4.69, 9.17) is 9.47 Å². The first-order valence-electron chi connectivity index (χ1n) is 8.43. The first-order valence-corrected chi connectivity index (χ1v) is 8.43. The Balaban J connectivity index is 1.67. The number of methoxy groups -OCH3 is 1. The first kappa shape index (κ1) is 19.3.